The molecule has 2 nitrogen and oxygen atoms in total. The zero-order chi connectivity index (χ0) is 14.6. The standard InChI is InChI=1S/C14H28Cl2O2S/c1-18-14(17)12-10-8-6-4-3-5-7-9-11-13-19(2,15)16/h3-13H2,1-2H3. The highest BCUT2D eigenvalue weighted by molar-refractivity contribution is 8.65. The fourth-order valence-corrected chi connectivity index (χ4v) is 3.33. The first kappa shape index (κ1) is 19.4. The summed E-state index contributed by atoms with van der Waals surface area (Å²) in [5.74, 6) is 0.872. The molecular weight excluding hydrogens is 303 g/mol. The van der Waals surface area contributed by atoms with Crippen molar-refractivity contribution >= 4 is 35.8 Å². The highest BCUT2D eigenvalue weighted by atomic mass is 36.0. The van der Waals surface area contributed by atoms with E-state index in [1.165, 1.54) is 45.6 Å². The molecule has 0 aliphatic rings. The average molecular weight is 331 g/mol. The summed E-state index contributed by atoms with van der Waals surface area (Å²) in [7, 11) is 12.1. The van der Waals surface area contributed by atoms with Crippen LogP contribution >= 0.6 is 29.8 Å². The molecule has 0 fully saturated rings. The molecule has 0 heterocycles. The van der Waals surface area contributed by atoms with Gasteiger partial charge in [0.25, 0.3) is 0 Å². The van der Waals surface area contributed by atoms with Gasteiger partial charge in [-0.25, -0.2) is 0 Å². The van der Waals surface area contributed by atoms with Gasteiger partial charge in [-0.2, -0.15) is 0 Å². The third-order valence-corrected chi connectivity index (χ3v) is 5.04. The second-order valence-corrected chi connectivity index (χ2v) is 11.8. The third-order valence-electron chi connectivity index (χ3n) is 3.11. The molecule has 0 aliphatic heterocycles. The Balaban J connectivity index is 3.09. The molecule has 0 aromatic carbocycles. The molecule has 0 amide bonds. The van der Waals surface area contributed by atoms with Crippen molar-refractivity contribution in [2.24, 2.45) is 0 Å². The molecule has 0 spiro atoms. The van der Waals surface area contributed by atoms with Crippen molar-refractivity contribution in [3.63, 3.8) is 0 Å². The van der Waals surface area contributed by atoms with Gasteiger partial charge < -0.3 is 4.74 Å². The number of ether oxygens (including phenoxy) is 1. The number of unbranched alkanes of at least 4 members (excludes halogenated alkanes) is 8. The van der Waals surface area contributed by atoms with E-state index >= 15 is 0 Å². The molecule has 0 aromatic heterocycles. The lowest BCUT2D eigenvalue weighted by atomic mass is 10.1. The van der Waals surface area contributed by atoms with Crippen LogP contribution in [0.25, 0.3) is 0 Å². The van der Waals surface area contributed by atoms with Gasteiger partial charge in [-0.3, -0.25) is 4.79 Å². The monoisotopic (exact) mass is 330 g/mol. The van der Waals surface area contributed by atoms with Gasteiger partial charge in [0.2, 0.25) is 0 Å². The normalized spacial score (nSPS) is 12.4. The summed E-state index contributed by atoms with van der Waals surface area (Å²) in [4.78, 5) is 10.9. The van der Waals surface area contributed by atoms with E-state index in [0.29, 0.717) is 6.42 Å². The SMILES string of the molecule is COC(=O)CCCCCCCCCCCS(C)(Cl)Cl. The van der Waals surface area contributed by atoms with Gasteiger partial charge in [0, 0.05) is 12.2 Å². The minimum atomic E-state index is -1.33. The van der Waals surface area contributed by atoms with Crippen molar-refractivity contribution < 1.29 is 9.53 Å². The fraction of sp³-hybridized carbons (Fsp3) is 0.929. The van der Waals surface area contributed by atoms with Crippen LogP contribution in [0.3, 0.4) is 0 Å². The van der Waals surface area contributed by atoms with E-state index in [9.17, 15) is 4.79 Å². The van der Waals surface area contributed by atoms with Crippen molar-refractivity contribution in [1.29, 1.82) is 0 Å². The molecule has 0 rings (SSSR count). The lowest BCUT2D eigenvalue weighted by molar-refractivity contribution is -0.140. The number of rotatable bonds is 12. The number of esters is 1. The maximum Gasteiger partial charge on any atom is 0.305 e. The summed E-state index contributed by atoms with van der Waals surface area (Å²) in [6, 6.07) is 0. The Hall–Kier alpha value is 0.400. The van der Waals surface area contributed by atoms with Crippen LogP contribution in [-0.2, 0) is 9.53 Å². The molecule has 0 radical (unpaired) electrons. The summed E-state index contributed by atoms with van der Waals surface area (Å²) in [6.45, 7) is 0. The molecule has 0 saturated carbocycles. The summed E-state index contributed by atoms with van der Waals surface area (Å²) in [5, 5.41) is 0. The molecule has 0 unspecified atom stereocenters. The largest absolute Gasteiger partial charge is 0.469 e. The van der Waals surface area contributed by atoms with Crippen LogP contribution in [0.5, 0.6) is 0 Å². The van der Waals surface area contributed by atoms with E-state index in [4.69, 9.17) is 21.4 Å². The summed E-state index contributed by atoms with van der Waals surface area (Å²) in [5.41, 5.74) is 0. The van der Waals surface area contributed by atoms with E-state index in [1.807, 2.05) is 6.26 Å². The van der Waals surface area contributed by atoms with Gasteiger partial charge in [0.1, 0.15) is 0 Å². The second-order valence-electron chi connectivity index (χ2n) is 5.09. The van der Waals surface area contributed by atoms with E-state index < -0.39 is 8.46 Å². The predicted octanol–water partition coefficient (Wildman–Crippen LogP) is 5.80. The molecule has 0 bridgehead atoms. The molecule has 5 heteroatoms. The molecule has 0 N–H and O–H groups in total. The highest BCUT2D eigenvalue weighted by Gasteiger charge is 2.08. The quantitative estimate of drug-likeness (QED) is 0.333. The van der Waals surface area contributed by atoms with Crippen molar-refractivity contribution in [2.75, 3.05) is 19.1 Å². The van der Waals surface area contributed by atoms with Crippen molar-refractivity contribution in [2.45, 2.75) is 64.2 Å². The Bertz CT molecular complexity index is 230. The summed E-state index contributed by atoms with van der Waals surface area (Å²) < 4.78 is 4.60. The Morgan fingerprint density at radius 1 is 0.895 bits per heavy atom. The molecular formula is C14H28Cl2O2S. The number of carbonyl (C=O) groups is 1. The van der Waals surface area contributed by atoms with E-state index in [0.717, 1.165) is 25.0 Å². The van der Waals surface area contributed by atoms with E-state index in [1.54, 1.807) is 0 Å². The van der Waals surface area contributed by atoms with Crippen LogP contribution in [0.1, 0.15) is 64.2 Å². The highest BCUT2D eigenvalue weighted by Crippen LogP contribution is 2.55. The Labute approximate surface area is 128 Å². The number of carbonyl (C=O) groups excluding carboxylic acids is 1. The van der Waals surface area contributed by atoms with E-state index in [2.05, 4.69) is 4.74 Å². The van der Waals surface area contributed by atoms with Crippen molar-refractivity contribution in [3.8, 4) is 0 Å². The molecule has 116 valence electrons. The van der Waals surface area contributed by atoms with Gasteiger partial charge in [0.05, 0.1) is 7.11 Å². The number of methoxy groups -OCH3 is 1. The maximum atomic E-state index is 10.9. The Kier molecular flexibility index (Phi) is 12.4. The minimum Gasteiger partial charge on any atom is -0.469 e. The van der Waals surface area contributed by atoms with Gasteiger partial charge in [-0.1, -0.05) is 74.8 Å². The second kappa shape index (κ2) is 12.2. The zero-order valence-corrected chi connectivity index (χ0v) is 14.6. The van der Waals surface area contributed by atoms with E-state index in [-0.39, 0.29) is 5.97 Å². The van der Waals surface area contributed by atoms with Crippen molar-refractivity contribution in [1.82, 2.24) is 0 Å². The first-order chi connectivity index (χ1) is 8.95. The van der Waals surface area contributed by atoms with Crippen LogP contribution in [-0.4, -0.2) is 25.1 Å². The molecule has 0 aliphatic carbocycles. The van der Waals surface area contributed by atoms with Crippen LogP contribution in [0.15, 0.2) is 0 Å². The Morgan fingerprint density at radius 2 is 1.32 bits per heavy atom. The first-order valence-electron chi connectivity index (χ1n) is 7.18. The molecule has 0 saturated heterocycles. The maximum absolute atomic E-state index is 10.9. The van der Waals surface area contributed by atoms with Gasteiger partial charge in [-0.05, 0) is 19.1 Å². The van der Waals surface area contributed by atoms with Crippen LogP contribution in [0.4, 0.5) is 0 Å². The van der Waals surface area contributed by atoms with Crippen LogP contribution in [0.2, 0.25) is 0 Å². The summed E-state index contributed by atoms with van der Waals surface area (Å²) >= 11 is 0. The molecule has 0 atom stereocenters. The average Bonchev–Trinajstić information content (AvgIpc) is 2.34. The van der Waals surface area contributed by atoms with Gasteiger partial charge in [0.15, 0.2) is 0 Å². The first-order valence-corrected chi connectivity index (χ1v) is 11.0. The van der Waals surface area contributed by atoms with Gasteiger partial charge in [-0.15, -0.1) is 0 Å². The fourth-order valence-electron chi connectivity index (χ4n) is 1.96. The number of hydrogen-bond acceptors (Lipinski definition) is 2. The Morgan fingerprint density at radius 3 is 1.74 bits per heavy atom. The minimum absolute atomic E-state index is 0.0901. The summed E-state index contributed by atoms with van der Waals surface area (Å²) in [6.07, 6.45) is 13.4. The smallest absolute Gasteiger partial charge is 0.305 e. The van der Waals surface area contributed by atoms with Crippen LogP contribution in [0, 0.1) is 0 Å². The van der Waals surface area contributed by atoms with Gasteiger partial charge >= 0.3 is 5.97 Å². The predicted molar refractivity (Wildman–Crippen MR) is 88.3 cm³/mol. The molecule has 19 heavy (non-hydrogen) atoms. The molecule has 0 aromatic rings. The number of hydrogen-bond donors (Lipinski definition) is 0. The lowest BCUT2D eigenvalue weighted by Gasteiger charge is -2.17. The lowest BCUT2D eigenvalue weighted by Crippen LogP contribution is -1.99. The number of halogens is 2. The zero-order valence-electron chi connectivity index (χ0n) is 12.3. The van der Waals surface area contributed by atoms with Crippen LogP contribution < -0.4 is 0 Å². The topological polar surface area (TPSA) is 26.3 Å². The third kappa shape index (κ3) is 16.3. The van der Waals surface area contributed by atoms with Crippen molar-refractivity contribution in [3.05, 3.63) is 0 Å².